The van der Waals surface area contributed by atoms with E-state index < -0.39 is 9.04 Å². The third-order valence-corrected chi connectivity index (χ3v) is 6.02. The molecule has 2 aromatic rings. The molecule has 0 aliphatic rings. The fourth-order valence-corrected chi connectivity index (χ4v) is 5.04. The van der Waals surface area contributed by atoms with Crippen LogP contribution in [0.15, 0.2) is 18.2 Å². The van der Waals surface area contributed by atoms with Gasteiger partial charge in [0.2, 0.25) is 14.8 Å². The minimum absolute atomic E-state index is 0.000571. The summed E-state index contributed by atoms with van der Waals surface area (Å²) in [6, 6.07) is 5.54. The highest BCUT2D eigenvalue weighted by Crippen LogP contribution is 2.40. The molecule has 7 heteroatoms. The predicted molar refractivity (Wildman–Crippen MR) is 131 cm³/mol. The van der Waals surface area contributed by atoms with E-state index in [1.54, 1.807) is 0 Å². The summed E-state index contributed by atoms with van der Waals surface area (Å²) in [4.78, 5) is 4.44. The lowest BCUT2D eigenvalue weighted by Crippen LogP contribution is -2.46. The highest BCUT2D eigenvalue weighted by atomic mass is 35.5. The molecule has 0 amide bonds. The smallest absolute Gasteiger partial charge is 0.264 e. The molecule has 0 fully saturated rings. The van der Waals surface area contributed by atoms with Crippen molar-refractivity contribution in [1.82, 2.24) is 4.98 Å². The van der Waals surface area contributed by atoms with Crippen molar-refractivity contribution < 1.29 is 14.3 Å². The van der Waals surface area contributed by atoms with Crippen molar-refractivity contribution in [3.05, 3.63) is 40.0 Å². The van der Waals surface area contributed by atoms with Gasteiger partial charge in [-0.05, 0) is 75.0 Å². The van der Waals surface area contributed by atoms with Gasteiger partial charge in [0.05, 0.1) is 17.8 Å². The number of benzene rings is 1. The lowest BCUT2D eigenvalue weighted by molar-refractivity contribution is 0.0675. The second kappa shape index (κ2) is 10.2. The molecule has 0 saturated heterocycles. The van der Waals surface area contributed by atoms with E-state index in [0.717, 1.165) is 23.2 Å². The lowest BCUT2D eigenvalue weighted by Gasteiger charge is -2.39. The number of aromatic nitrogens is 1. The van der Waals surface area contributed by atoms with Crippen LogP contribution < -0.4 is 10.1 Å². The van der Waals surface area contributed by atoms with Crippen LogP contribution in [-0.2, 0) is 4.43 Å². The summed E-state index contributed by atoms with van der Waals surface area (Å²) in [5, 5.41) is 15.2. The van der Waals surface area contributed by atoms with E-state index in [0.29, 0.717) is 16.5 Å². The van der Waals surface area contributed by atoms with Crippen LogP contribution in [0.4, 0.5) is 5.69 Å². The van der Waals surface area contributed by atoms with Gasteiger partial charge >= 0.3 is 0 Å². The van der Waals surface area contributed by atoms with Crippen LogP contribution >= 0.6 is 11.6 Å². The van der Waals surface area contributed by atoms with Crippen LogP contribution in [0.1, 0.15) is 50.9 Å². The quantitative estimate of drug-likeness (QED) is 0.411. The summed E-state index contributed by atoms with van der Waals surface area (Å²) < 4.78 is 12.4. The van der Waals surface area contributed by atoms with Crippen LogP contribution in [0.2, 0.25) is 18.1 Å². The number of nitrogens with one attached hydrogen (secondary N) is 1. The van der Waals surface area contributed by atoms with Gasteiger partial charge in [-0.15, -0.1) is 0 Å². The Morgan fingerprint density at radius 1 is 1.13 bits per heavy atom. The van der Waals surface area contributed by atoms with Gasteiger partial charge in [-0.2, -0.15) is 0 Å². The van der Waals surface area contributed by atoms with Crippen LogP contribution in [0.5, 0.6) is 17.4 Å². The van der Waals surface area contributed by atoms with E-state index in [-0.39, 0.29) is 29.2 Å². The first-order valence-electron chi connectivity index (χ1n) is 10.7. The Morgan fingerprint density at radius 3 is 2.19 bits per heavy atom. The number of rotatable bonds is 8. The first kappa shape index (κ1) is 25.5. The normalized spacial score (nSPS) is 13.9. The molecule has 1 heterocycles. The Morgan fingerprint density at radius 2 is 1.71 bits per heavy atom. The molecule has 1 aromatic carbocycles. The number of aromatic hydroxyl groups is 1. The lowest BCUT2D eigenvalue weighted by atomic mass is 9.83. The molecule has 2 rings (SSSR count). The number of halogens is 1. The second-order valence-electron chi connectivity index (χ2n) is 9.41. The van der Waals surface area contributed by atoms with Gasteiger partial charge in [0.1, 0.15) is 5.75 Å². The Labute approximate surface area is 193 Å². The second-order valence-corrected chi connectivity index (χ2v) is 11.9. The fourth-order valence-electron chi connectivity index (χ4n) is 3.68. The maximum absolute atomic E-state index is 11.0. The number of anilines is 1. The van der Waals surface area contributed by atoms with Crippen molar-refractivity contribution in [2.75, 3.05) is 5.32 Å². The largest absolute Gasteiger partial charge is 0.502 e. The monoisotopic (exact) mass is 463 g/mol. The highest BCUT2D eigenvalue weighted by Gasteiger charge is 2.33. The number of hydrogen-bond acceptors (Lipinski definition) is 5. The summed E-state index contributed by atoms with van der Waals surface area (Å²) in [5.41, 5.74) is 3.06. The summed E-state index contributed by atoms with van der Waals surface area (Å²) >= 11 is 6.14. The number of nitrogens with zero attached hydrogens (tertiary/aromatic N) is 1. The van der Waals surface area contributed by atoms with Gasteiger partial charge in [0.15, 0.2) is 0 Å². The molecule has 1 aromatic heterocycles. The van der Waals surface area contributed by atoms with E-state index in [2.05, 4.69) is 51.1 Å². The van der Waals surface area contributed by atoms with Gasteiger partial charge in [-0.1, -0.05) is 39.3 Å². The minimum Gasteiger partial charge on any atom is -0.502 e. The average Bonchev–Trinajstić information content (AvgIpc) is 2.63. The van der Waals surface area contributed by atoms with Crippen molar-refractivity contribution in [3.8, 4) is 17.4 Å². The van der Waals surface area contributed by atoms with Gasteiger partial charge in [0, 0.05) is 10.7 Å². The molecular weight excluding hydrogens is 428 g/mol. The molecule has 2 atom stereocenters. The zero-order valence-electron chi connectivity index (χ0n) is 20.2. The summed E-state index contributed by atoms with van der Waals surface area (Å²) in [5.74, 6) is 0.815. The summed E-state index contributed by atoms with van der Waals surface area (Å²) in [6.45, 7) is 18.7. The van der Waals surface area contributed by atoms with Gasteiger partial charge in [-0.3, -0.25) is 0 Å². The van der Waals surface area contributed by atoms with Gasteiger partial charge in [0.25, 0.3) is 5.88 Å². The van der Waals surface area contributed by atoms with E-state index in [1.165, 1.54) is 0 Å². The number of ether oxygens (including phenoxy) is 1. The standard InChI is InChI=1S/C24H36ClN2O3Si/c1-10-18(22(24(5,6)7)30-31(8)9)27-19-13-16(4)26-23(20(19)28)29-21-14(2)11-17(25)12-15(21)3/h11-13,18,22,28H,10H2,1-9H3,(H,26,27). The maximum atomic E-state index is 11.0. The topological polar surface area (TPSA) is 63.6 Å². The third-order valence-electron chi connectivity index (χ3n) is 5.08. The third kappa shape index (κ3) is 6.61. The molecule has 2 unspecified atom stereocenters. The first-order valence-corrected chi connectivity index (χ1v) is 13.5. The van der Waals surface area contributed by atoms with E-state index in [1.807, 2.05) is 39.0 Å². The molecule has 31 heavy (non-hydrogen) atoms. The predicted octanol–water partition coefficient (Wildman–Crippen LogP) is 7.03. The van der Waals surface area contributed by atoms with Crippen molar-refractivity contribution in [3.63, 3.8) is 0 Å². The summed E-state index contributed by atoms with van der Waals surface area (Å²) in [6.07, 6.45) is 0.850. The Bertz CT molecular complexity index is 889. The highest BCUT2D eigenvalue weighted by molar-refractivity contribution is 6.48. The van der Waals surface area contributed by atoms with E-state index >= 15 is 0 Å². The van der Waals surface area contributed by atoms with Crippen LogP contribution in [-0.4, -0.2) is 31.3 Å². The molecule has 0 aliphatic heterocycles. The zero-order chi connectivity index (χ0) is 23.5. The first-order chi connectivity index (χ1) is 14.3. The van der Waals surface area contributed by atoms with Crippen LogP contribution in [0, 0.1) is 26.2 Å². The zero-order valence-corrected chi connectivity index (χ0v) is 21.9. The van der Waals surface area contributed by atoms with Crippen molar-refractivity contribution in [2.24, 2.45) is 5.41 Å². The SMILES string of the molecule is CCC(Nc1cc(C)nc(Oc2c(C)cc(Cl)cc2C)c1O)C(O[Si](C)C)C(C)(C)C. The van der Waals surface area contributed by atoms with E-state index in [4.69, 9.17) is 20.8 Å². The van der Waals surface area contributed by atoms with Crippen molar-refractivity contribution in [1.29, 1.82) is 0 Å². The Balaban J connectivity index is 2.41. The molecule has 0 saturated carbocycles. The fraction of sp³-hybridized carbons (Fsp3) is 0.542. The van der Waals surface area contributed by atoms with Crippen LogP contribution in [0.3, 0.4) is 0 Å². The number of aryl methyl sites for hydroxylation is 3. The molecule has 171 valence electrons. The average molecular weight is 464 g/mol. The summed E-state index contributed by atoms with van der Waals surface area (Å²) in [7, 11) is -0.891. The molecule has 1 radical (unpaired) electrons. The molecule has 2 N–H and O–H groups in total. The maximum Gasteiger partial charge on any atom is 0.264 e. The van der Waals surface area contributed by atoms with Gasteiger partial charge < -0.3 is 19.6 Å². The van der Waals surface area contributed by atoms with E-state index in [9.17, 15) is 5.11 Å². The molecule has 0 spiro atoms. The van der Waals surface area contributed by atoms with Crippen molar-refractivity contribution in [2.45, 2.75) is 80.1 Å². The molecular formula is C24H36ClN2O3Si. The Hall–Kier alpha value is -1.76. The molecule has 0 bridgehead atoms. The van der Waals surface area contributed by atoms with Crippen LogP contribution in [0.25, 0.3) is 0 Å². The molecule has 0 aliphatic carbocycles. The number of pyridine rings is 1. The Kier molecular flexibility index (Phi) is 8.42. The molecule has 5 nitrogen and oxygen atoms in total. The van der Waals surface area contributed by atoms with Crippen molar-refractivity contribution >= 4 is 26.3 Å². The van der Waals surface area contributed by atoms with Gasteiger partial charge in [-0.25, -0.2) is 4.98 Å². The number of hydrogen-bond donors (Lipinski definition) is 2. The minimum atomic E-state index is -0.891.